The van der Waals surface area contributed by atoms with Gasteiger partial charge in [-0.25, -0.2) is 9.59 Å². The molecule has 1 aromatic rings. The lowest BCUT2D eigenvalue weighted by Crippen LogP contribution is -2.37. The molecule has 0 aromatic heterocycles. The van der Waals surface area contributed by atoms with Crippen LogP contribution >= 0.6 is 0 Å². The lowest BCUT2D eigenvalue weighted by atomic mass is 10.1. The summed E-state index contributed by atoms with van der Waals surface area (Å²) in [5, 5.41) is 14.7. The minimum atomic E-state index is -1.06. The zero-order valence-corrected chi connectivity index (χ0v) is 12.2. The van der Waals surface area contributed by atoms with Crippen molar-refractivity contribution >= 4 is 17.7 Å². The number of aryl methyl sites for hydroxylation is 1. The van der Waals surface area contributed by atoms with Gasteiger partial charge in [-0.3, -0.25) is 0 Å². The van der Waals surface area contributed by atoms with Crippen molar-refractivity contribution in [3.8, 4) is 0 Å². The second-order valence-corrected chi connectivity index (χ2v) is 5.27. The van der Waals surface area contributed by atoms with Gasteiger partial charge in [0.25, 0.3) is 0 Å². The van der Waals surface area contributed by atoms with E-state index in [9.17, 15) is 9.59 Å². The van der Waals surface area contributed by atoms with Crippen molar-refractivity contribution in [1.82, 2.24) is 5.32 Å². The van der Waals surface area contributed by atoms with Gasteiger partial charge >= 0.3 is 12.0 Å². The Labute approximate surface area is 123 Å². The summed E-state index contributed by atoms with van der Waals surface area (Å²) < 4.78 is 5.26. The Hall–Kier alpha value is -2.08. The molecule has 6 heteroatoms. The number of carboxylic acids is 1. The van der Waals surface area contributed by atoms with Crippen LogP contribution in [0.3, 0.4) is 0 Å². The first-order chi connectivity index (χ1) is 10.0. The molecule has 1 aliphatic carbocycles. The Balaban J connectivity index is 2.02. The van der Waals surface area contributed by atoms with E-state index >= 15 is 0 Å². The standard InChI is InChI=1S/C15H20N2O4/c1-9-4-3-5-12(14(18)19)13(9)17-15(20)16-10-6-7-11(8-10)21-2/h3-5,10-11H,6-8H2,1-2H3,(H,18,19)(H2,16,17,20). The molecule has 6 nitrogen and oxygen atoms in total. The van der Waals surface area contributed by atoms with Gasteiger partial charge in [0.15, 0.2) is 0 Å². The summed E-state index contributed by atoms with van der Waals surface area (Å²) in [4.78, 5) is 23.2. The molecule has 0 radical (unpaired) electrons. The molecule has 21 heavy (non-hydrogen) atoms. The number of carbonyl (C=O) groups is 2. The van der Waals surface area contributed by atoms with Crippen LogP contribution in [0.4, 0.5) is 10.5 Å². The van der Waals surface area contributed by atoms with Crippen molar-refractivity contribution in [3.63, 3.8) is 0 Å². The second-order valence-electron chi connectivity index (χ2n) is 5.27. The fraction of sp³-hybridized carbons (Fsp3) is 0.467. The molecule has 0 spiro atoms. The number of benzene rings is 1. The number of anilines is 1. The minimum absolute atomic E-state index is 0.0623. The van der Waals surface area contributed by atoms with Crippen LogP contribution in [0.2, 0.25) is 0 Å². The van der Waals surface area contributed by atoms with Crippen LogP contribution in [-0.2, 0) is 4.74 Å². The Kier molecular flexibility index (Phi) is 4.80. The summed E-state index contributed by atoms with van der Waals surface area (Å²) in [7, 11) is 1.67. The molecule has 1 saturated carbocycles. The predicted octanol–water partition coefficient (Wildman–Crippen LogP) is 2.38. The average Bonchev–Trinajstić information content (AvgIpc) is 2.88. The van der Waals surface area contributed by atoms with Crippen LogP contribution in [0.15, 0.2) is 18.2 Å². The maximum absolute atomic E-state index is 12.0. The number of nitrogens with one attached hydrogen (secondary N) is 2. The molecule has 2 amide bonds. The maximum atomic E-state index is 12.0. The van der Waals surface area contributed by atoms with Crippen LogP contribution < -0.4 is 10.6 Å². The Morgan fingerprint density at radius 3 is 2.71 bits per heavy atom. The molecular weight excluding hydrogens is 272 g/mol. The fourth-order valence-electron chi connectivity index (χ4n) is 2.63. The smallest absolute Gasteiger partial charge is 0.337 e. The van der Waals surface area contributed by atoms with Crippen LogP contribution in [0.25, 0.3) is 0 Å². The number of amides is 2. The highest BCUT2D eigenvalue weighted by molar-refractivity contribution is 6.01. The number of hydrogen-bond donors (Lipinski definition) is 3. The maximum Gasteiger partial charge on any atom is 0.337 e. The van der Waals surface area contributed by atoms with Gasteiger partial charge in [0, 0.05) is 13.2 Å². The van der Waals surface area contributed by atoms with Crippen molar-refractivity contribution in [1.29, 1.82) is 0 Å². The quantitative estimate of drug-likeness (QED) is 0.795. The van der Waals surface area contributed by atoms with Crippen molar-refractivity contribution in [2.45, 2.75) is 38.3 Å². The summed E-state index contributed by atoms with van der Waals surface area (Å²) >= 11 is 0. The van der Waals surface area contributed by atoms with Gasteiger partial charge < -0.3 is 20.5 Å². The molecule has 2 unspecified atom stereocenters. The molecule has 1 aliphatic rings. The van der Waals surface area contributed by atoms with Crippen LogP contribution in [0.5, 0.6) is 0 Å². The number of hydrogen-bond acceptors (Lipinski definition) is 3. The number of carbonyl (C=O) groups excluding carboxylic acids is 1. The summed E-state index contributed by atoms with van der Waals surface area (Å²) in [6, 6.07) is 4.57. The third kappa shape index (κ3) is 3.72. The predicted molar refractivity (Wildman–Crippen MR) is 78.7 cm³/mol. The molecular formula is C15H20N2O4. The first-order valence-electron chi connectivity index (χ1n) is 6.94. The van der Waals surface area contributed by atoms with E-state index in [1.54, 1.807) is 26.2 Å². The molecule has 2 rings (SSSR count). The van der Waals surface area contributed by atoms with Crippen LogP contribution in [0.1, 0.15) is 35.2 Å². The largest absolute Gasteiger partial charge is 0.478 e. The molecule has 114 valence electrons. The van der Waals surface area contributed by atoms with Gasteiger partial charge in [-0.15, -0.1) is 0 Å². The molecule has 1 fully saturated rings. The zero-order valence-electron chi connectivity index (χ0n) is 12.2. The normalized spacial score (nSPS) is 21.0. The SMILES string of the molecule is COC1CCC(NC(=O)Nc2c(C)cccc2C(=O)O)C1. The van der Waals surface area contributed by atoms with E-state index in [0.717, 1.165) is 19.3 Å². The van der Waals surface area contributed by atoms with Crippen LogP contribution in [0, 0.1) is 6.92 Å². The summed E-state index contributed by atoms with van der Waals surface area (Å²) in [5.41, 5.74) is 1.14. The number of carboxylic acid groups (broad SMARTS) is 1. The summed E-state index contributed by atoms with van der Waals surface area (Å²) in [5.74, 6) is -1.06. The van der Waals surface area contributed by atoms with E-state index in [0.29, 0.717) is 11.3 Å². The molecule has 0 aliphatic heterocycles. The van der Waals surface area contributed by atoms with Crippen molar-refractivity contribution < 1.29 is 19.4 Å². The third-order valence-corrected chi connectivity index (χ3v) is 3.79. The number of aromatic carboxylic acids is 1. The van der Waals surface area contributed by atoms with Gasteiger partial charge in [-0.1, -0.05) is 12.1 Å². The lowest BCUT2D eigenvalue weighted by Gasteiger charge is -2.16. The van der Waals surface area contributed by atoms with E-state index in [4.69, 9.17) is 9.84 Å². The number of ether oxygens (including phenoxy) is 1. The van der Waals surface area contributed by atoms with Gasteiger partial charge in [0.1, 0.15) is 0 Å². The van der Waals surface area contributed by atoms with E-state index < -0.39 is 5.97 Å². The Bertz CT molecular complexity index is 544. The van der Waals surface area contributed by atoms with E-state index in [-0.39, 0.29) is 23.7 Å². The van der Waals surface area contributed by atoms with E-state index in [2.05, 4.69) is 10.6 Å². The Morgan fingerprint density at radius 1 is 1.33 bits per heavy atom. The minimum Gasteiger partial charge on any atom is -0.478 e. The highest BCUT2D eigenvalue weighted by atomic mass is 16.5. The number of urea groups is 1. The molecule has 0 saturated heterocycles. The highest BCUT2D eigenvalue weighted by Crippen LogP contribution is 2.23. The monoisotopic (exact) mass is 292 g/mol. The number of para-hydroxylation sites is 1. The highest BCUT2D eigenvalue weighted by Gasteiger charge is 2.26. The number of methoxy groups -OCH3 is 1. The van der Waals surface area contributed by atoms with Crippen LogP contribution in [-0.4, -0.2) is 36.4 Å². The molecule has 2 atom stereocenters. The fourth-order valence-corrected chi connectivity index (χ4v) is 2.63. The Morgan fingerprint density at radius 2 is 2.10 bits per heavy atom. The van der Waals surface area contributed by atoms with Gasteiger partial charge in [-0.05, 0) is 37.8 Å². The van der Waals surface area contributed by atoms with Crippen molar-refractivity contribution in [2.24, 2.45) is 0 Å². The van der Waals surface area contributed by atoms with E-state index in [1.165, 1.54) is 6.07 Å². The van der Waals surface area contributed by atoms with Gasteiger partial charge in [-0.2, -0.15) is 0 Å². The van der Waals surface area contributed by atoms with Gasteiger partial charge in [0.05, 0.1) is 17.4 Å². The molecule has 1 aromatic carbocycles. The number of rotatable bonds is 4. The van der Waals surface area contributed by atoms with Crippen molar-refractivity contribution in [2.75, 3.05) is 12.4 Å². The van der Waals surface area contributed by atoms with E-state index in [1.807, 2.05) is 0 Å². The molecule has 0 bridgehead atoms. The summed E-state index contributed by atoms with van der Waals surface area (Å²) in [6.45, 7) is 1.76. The van der Waals surface area contributed by atoms with Gasteiger partial charge in [0.2, 0.25) is 0 Å². The average molecular weight is 292 g/mol. The second kappa shape index (κ2) is 6.58. The summed E-state index contributed by atoms with van der Waals surface area (Å²) in [6.07, 6.45) is 2.75. The topological polar surface area (TPSA) is 87.7 Å². The first-order valence-corrected chi connectivity index (χ1v) is 6.94. The zero-order chi connectivity index (χ0) is 15.4. The van der Waals surface area contributed by atoms with Crippen molar-refractivity contribution in [3.05, 3.63) is 29.3 Å². The first kappa shape index (κ1) is 15.3. The third-order valence-electron chi connectivity index (χ3n) is 3.79. The molecule has 3 N–H and O–H groups in total. The lowest BCUT2D eigenvalue weighted by molar-refractivity contribution is 0.0698. The molecule has 0 heterocycles.